The highest BCUT2D eigenvalue weighted by Gasteiger charge is 2.42. The number of rotatable bonds is 1. The number of hydrogen-bond acceptors (Lipinski definition) is 5. The molecule has 3 heterocycles. The van der Waals surface area contributed by atoms with Crippen LogP contribution in [0.2, 0.25) is 0 Å². The van der Waals surface area contributed by atoms with Crippen LogP contribution in [0, 0.1) is 0 Å². The zero-order chi connectivity index (χ0) is 13.5. The van der Waals surface area contributed by atoms with Gasteiger partial charge in [0.05, 0.1) is 24.5 Å². The second kappa shape index (κ2) is 4.73. The molecule has 2 fully saturated rings. The van der Waals surface area contributed by atoms with Gasteiger partial charge in [-0.25, -0.2) is 5.01 Å². The van der Waals surface area contributed by atoms with Gasteiger partial charge in [0.25, 0.3) is 5.91 Å². The quantitative estimate of drug-likeness (QED) is 0.786. The predicted octanol–water partition coefficient (Wildman–Crippen LogP) is 0.0828. The molecule has 0 aliphatic carbocycles. The fourth-order valence-corrected chi connectivity index (χ4v) is 3.19. The Labute approximate surface area is 117 Å². The molecule has 1 aromatic rings. The third kappa shape index (κ3) is 1.72. The molecule has 6 heteroatoms. The highest BCUT2D eigenvalue weighted by molar-refractivity contribution is 6.02. The van der Waals surface area contributed by atoms with Gasteiger partial charge >= 0.3 is 0 Å². The Bertz CT molecular complexity index is 530. The minimum absolute atomic E-state index is 0.0597. The first-order chi connectivity index (χ1) is 9.86. The van der Waals surface area contributed by atoms with Crippen LogP contribution in [0.4, 0.5) is 5.69 Å². The molecule has 3 aliphatic heterocycles. The van der Waals surface area contributed by atoms with E-state index in [1.165, 1.54) is 0 Å². The molecule has 6 nitrogen and oxygen atoms in total. The van der Waals surface area contributed by atoms with E-state index in [0.717, 1.165) is 50.6 Å². The number of morpholine rings is 1. The lowest BCUT2D eigenvalue weighted by Gasteiger charge is -2.47. The van der Waals surface area contributed by atoms with Crippen LogP contribution in [0.15, 0.2) is 24.3 Å². The van der Waals surface area contributed by atoms with Crippen LogP contribution in [0.1, 0.15) is 10.4 Å². The predicted molar refractivity (Wildman–Crippen MR) is 74.1 cm³/mol. The normalized spacial score (nSPS) is 26.6. The molecular formula is C14H18N4O2. The summed E-state index contributed by atoms with van der Waals surface area (Å²) in [4.78, 5) is 14.5. The van der Waals surface area contributed by atoms with Gasteiger partial charge in [-0.05, 0) is 12.1 Å². The van der Waals surface area contributed by atoms with Crippen LogP contribution in [0.25, 0.3) is 0 Å². The highest BCUT2D eigenvalue weighted by Crippen LogP contribution is 2.32. The van der Waals surface area contributed by atoms with Crippen molar-refractivity contribution in [3.8, 4) is 0 Å². The van der Waals surface area contributed by atoms with Gasteiger partial charge in [0.2, 0.25) is 0 Å². The summed E-state index contributed by atoms with van der Waals surface area (Å²) < 4.78 is 5.44. The summed E-state index contributed by atoms with van der Waals surface area (Å²) in [5.74, 6) is 0.125. The molecule has 1 N–H and O–H groups in total. The molecule has 0 aromatic heterocycles. The number of nitrogens with one attached hydrogen (secondary N) is 1. The fourth-order valence-electron chi connectivity index (χ4n) is 3.19. The maximum atomic E-state index is 12.5. The Balaban J connectivity index is 1.78. The second-order valence-electron chi connectivity index (χ2n) is 5.25. The van der Waals surface area contributed by atoms with Crippen molar-refractivity contribution >= 4 is 11.6 Å². The molecule has 2 saturated heterocycles. The molecule has 1 atom stereocenters. The first kappa shape index (κ1) is 12.1. The maximum Gasteiger partial charge on any atom is 0.258 e. The van der Waals surface area contributed by atoms with E-state index in [2.05, 4.69) is 15.3 Å². The number of amides is 1. The van der Waals surface area contributed by atoms with Crippen molar-refractivity contribution in [3.63, 3.8) is 0 Å². The minimum atomic E-state index is -0.0597. The number of carbonyl (C=O) groups is 1. The zero-order valence-electron chi connectivity index (χ0n) is 11.3. The smallest absolute Gasteiger partial charge is 0.258 e. The Hall–Kier alpha value is -1.63. The van der Waals surface area contributed by atoms with Gasteiger partial charge in [0.15, 0.2) is 6.29 Å². The topological polar surface area (TPSA) is 48.1 Å². The number of benzene rings is 1. The van der Waals surface area contributed by atoms with E-state index in [0.29, 0.717) is 0 Å². The van der Waals surface area contributed by atoms with Crippen LogP contribution in [-0.4, -0.2) is 61.5 Å². The van der Waals surface area contributed by atoms with E-state index in [-0.39, 0.29) is 12.2 Å². The number of fused-ring (bicyclic) bond motifs is 2. The standard InChI is InChI=1S/C14H18N4O2/c19-13-11-3-1-2-4-12(11)18(14-15-5-6-17(13)14)16-7-9-20-10-8-16/h1-4,14-15H,5-10H2. The van der Waals surface area contributed by atoms with Gasteiger partial charge < -0.3 is 9.64 Å². The Morgan fingerprint density at radius 3 is 2.80 bits per heavy atom. The number of ether oxygens (including phenoxy) is 1. The largest absolute Gasteiger partial charge is 0.379 e. The molecule has 4 rings (SSSR count). The minimum Gasteiger partial charge on any atom is -0.379 e. The Kier molecular flexibility index (Phi) is 2.87. The molecule has 1 unspecified atom stereocenters. The Morgan fingerprint density at radius 2 is 1.95 bits per heavy atom. The van der Waals surface area contributed by atoms with Gasteiger partial charge in [-0.2, -0.15) is 0 Å². The molecule has 0 radical (unpaired) electrons. The molecular weight excluding hydrogens is 256 g/mol. The Morgan fingerprint density at radius 1 is 1.15 bits per heavy atom. The molecule has 20 heavy (non-hydrogen) atoms. The second-order valence-corrected chi connectivity index (χ2v) is 5.25. The summed E-state index contributed by atoms with van der Waals surface area (Å²) in [5.41, 5.74) is 1.79. The van der Waals surface area contributed by atoms with Gasteiger partial charge in [-0.15, -0.1) is 0 Å². The van der Waals surface area contributed by atoms with Gasteiger partial charge in [0, 0.05) is 26.2 Å². The number of hydrogen-bond donors (Lipinski definition) is 1. The summed E-state index contributed by atoms with van der Waals surface area (Å²) >= 11 is 0. The van der Waals surface area contributed by atoms with E-state index in [1.54, 1.807) is 0 Å². The van der Waals surface area contributed by atoms with Crippen LogP contribution >= 0.6 is 0 Å². The van der Waals surface area contributed by atoms with Crippen molar-refractivity contribution in [2.24, 2.45) is 0 Å². The first-order valence-electron chi connectivity index (χ1n) is 7.11. The van der Waals surface area contributed by atoms with Crippen LogP contribution in [0.5, 0.6) is 0 Å². The van der Waals surface area contributed by atoms with Crippen LogP contribution in [-0.2, 0) is 4.74 Å². The number of hydrazine groups is 1. The summed E-state index contributed by atoms with van der Waals surface area (Å²) in [6, 6.07) is 7.86. The van der Waals surface area contributed by atoms with E-state index >= 15 is 0 Å². The molecule has 0 spiro atoms. The number of para-hydroxylation sites is 1. The number of nitrogens with zero attached hydrogens (tertiary/aromatic N) is 3. The van der Waals surface area contributed by atoms with E-state index < -0.39 is 0 Å². The van der Waals surface area contributed by atoms with Crippen molar-refractivity contribution in [2.45, 2.75) is 6.29 Å². The average Bonchev–Trinajstić information content (AvgIpc) is 2.98. The van der Waals surface area contributed by atoms with Crippen molar-refractivity contribution in [1.29, 1.82) is 0 Å². The summed E-state index contributed by atoms with van der Waals surface area (Å²) in [7, 11) is 0. The third-order valence-corrected chi connectivity index (χ3v) is 4.14. The molecule has 1 amide bonds. The van der Waals surface area contributed by atoms with Crippen LogP contribution < -0.4 is 10.3 Å². The lowest BCUT2D eigenvalue weighted by molar-refractivity contribution is 0.0113. The number of anilines is 1. The average molecular weight is 274 g/mol. The monoisotopic (exact) mass is 274 g/mol. The molecule has 0 bridgehead atoms. The third-order valence-electron chi connectivity index (χ3n) is 4.14. The van der Waals surface area contributed by atoms with Crippen LogP contribution in [0.3, 0.4) is 0 Å². The number of carbonyl (C=O) groups excluding carboxylic acids is 1. The van der Waals surface area contributed by atoms with E-state index in [1.807, 2.05) is 29.2 Å². The summed E-state index contributed by atoms with van der Waals surface area (Å²) in [6.07, 6.45) is -0.0597. The van der Waals surface area contributed by atoms with Crippen molar-refractivity contribution < 1.29 is 9.53 Å². The lowest BCUT2D eigenvalue weighted by Crippen LogP contribution is -2.64. The summed E-state index contributed by atoms with van der Waals surface area (Å²) in [5, 5.41) is 7.94. The first-order valence-corrected chi connectivity index (χ1v) is 7.11. The van der Waals surface area contributed by atoms with Crippen molar-refractivity contribution in [3.05, 3.63) is 29.8 Å². The maximum absolute atomic E-state index is 12.5. The summed E-state index contributed by atoms with van der Waals surface area (Å²) in [6.45, 7) is 4.78. The van der Waals surface area contributed by atoms with Gasteiger partial charge in [0.1, 0.15) is 0 Å². The zero-order valence-corrected chi connectivity index (χ0v) is 11.3. The lowest BCUT2D eigenvalue weighted by atomic mass is 10.1. The SMILES string of the molecule is O=C1c2ccccc2N(N2CCOCC2)C2NCCN12. The molecule has 0 saturated carbocycles. The fraction of sp³-hybridized carbons (Fsp3) is 0.500. The van der Waals surface area contributed by atoms with Gasteiger partial charge in [-0.3, -0.25) is 15.1 Å². The van der Waals surface area contributed by atoms with Crippen molar-refractivity contribution in [1.82, 2.24) is 15.2 Å². The van der Waals surface area contributed by atoms with Gasteiger partial charge in [-0.1, -0.05) is 12.1 Å². The highest BCUT2D eigenvalue weighted by atomic mass is 16.5. The molecule has 1 aromatic carbocycles. The molecule has 106 valence electrons. The van der Waals surface area contributed by atoms with E-state index in [4.69, 9.17) is 4.74 Å². The molecule has 3 aliphatic rings. The van der Waals surface area contributed by atoms with E-state index in [9.17, 15) is 4.79 Å². The van der Waals surface area contributed by atoms with Crippen molar-refractivity contribution in [2.75, 3.05) is 44.4 Å².